The Morgan fingerprint density at radius 2 is 1.20 bits per heavy atom. The Labute approximate surface area is 253 Å². The lowest BCUT2D eigenvalue weighted by atomic mass is 10.00. The van der Waals surface area contributed by atoms with Crippen LogP contribution in [0.2, 0.25) is 0 Å². The number of unbranched alkanes of at least 4 members (excludes halogenated alkanes) is 1. The minimum atomic E-state index is -5.42. The van der Waals surface area contributed by atoms with Gasteiger partial charge in [0.05, 0.1) is 17.7 Å². The molecule has 0 atom stereocenters. The lowest BCUT2D eigenvalue weighted by molar-refractivity contribution is -0.187. The van der Waals surface area contributed by atoms with E-state index in [0.29, 0.717) is 42.8 Å². The summed E-state index contributed by atoms with van der Waals surface area (Å²) in [5.41, 5.74) is -7.18. The van der Waals surface area contributed by atoms with Crippen LogP contribution in [-0.2, 0) is 12.3 Å². The van der Waals surface area contributed by atoms with Crippen LogP contribution in [0.15, 0.2) is 54.6 Å². The first-order valence-corrected chi connectivity index (χ1v) is 13.1. The molecule has 0 aliphatic rings. The van der Waals surface area contributed by atoms with Crippen molar-refractivity contribution in [3.8, 4) is 34.5 Å². The first kappa shape index (κ1) is 34.1. The topological polar surface area (TPSA) is 18.5 Å². The maximum atomic E-state index is 14.7. The van der Waals surface area contributed by atoms with Gasteiger partial charge in [0.15, 0.2) is 0 Å². The van der Waals surface area contributed by atoms with Crippen LogP contribution in [0.25, 0.3) is 11.1 Å². The molecule has 4 aromatic carbocycles. The summed E-state index contributed by atoms with van der Waals surface area (Å²) >= 11 is 0. The summed E-state index contributed by atoms with van der Waals surface area (Å²) in [7, 11) is 0. The molecule has 14 heteroatoms. The zero-order valence-electron chi connectivity index (χ0n) is 23.2. The van der Waals surface area contributed by atoms with Crippen LogP contribution in [0, 0.1) is 52.6 Å². The van der Waals surface area contributed by atoms with Crippen molar-refractivity contribution in [2.24, 2.45) is 0 Å². The summed E-state index contributed by atoms with van der Waals surface area (Å²) in [5, 5.41) is 0. The van der Waals surface area contributed by atoms with Crippen molar-refractivity contribution < 1.29 is 62.2 Å². The van der Waals surface area contributed by atoms with E-state index in [0.717, 1.165) is 12.5 Å². The molecule has 4 rings (SSSR count). The molecule has 242 valence electrons. The molecule has 0 heterocycles. The standard InChI is InChI=1S/C32H18F12O2/c1-2-3-8-45-18-5-7-21(24(35)13-18)32(43,44)46-19-14-22(33)20(23(34)15-19)6-4-16-9-25(36)29(26(37)10-16)17-11-27(38)30(28(39)12-17)31(40,41)42/h5,7,9-15H,2-3,8H2,1H3. The van der Waals surface area contributed by atoms with Crippen molar-refractivity contribution in [3.63, 3.8) is 0 Å². The van der Waals surface area contributed by atoms with Gasteiger partial charge < -0.3 is 9.47 Å². The van der Waals surface area contributed by atoms with Gasteiger partial charge in [-0.1, -0.05) is 25.2 Å². The lowest BCUT2D eigenvalue weighted by Crippen LogP contribution is -2.23. The maximum absolute atomic E-state index is 14.7. The molecule has 4 aromatic rings. The van der Waals surface area contributed by atoms with E-state index in [1.54, 1.807) is 0 Å². The molecule has 0 aromatic heterocycles. The van der Waals surface area contributed by atoms with Crippen molar-refractivity contribution in [1.29, 1.82) is 0 Å². The Morgan fingerprint density at radius 3 is 1.72 bits per heavy atom. The van der Waals surface area contributed by atoms with E-state index in [-0.39, 0.29) is 24.5 Å². The van der Waals surface area contributed by atoms with Crippen molar-refractivity contribution in [1.82, 2.24) is 0 Å². The summed E-state index contributed by atoms with van der Waals surface area (Å²) in [6.07, 6.45) is -8.41. The summed E-state index contributed by atoms with van der Waals surface area (Å²) in [6, 6.07) is 4.13. The Balaban J connectivity index is 1.57. The molecule has 0 N–H and O–H groups in total. The van der Waals surface area contributed by atoms with Crippen LogP contribution >= 0.6 is 0 Å². The fourth-order valence-corrected chi connectivity index (χ4v) is 4.13. The fraction of sp³-hybridized carbons (Fsp3) is 0.188. The van der Waals surface area contributed by atoms with Gasteiger partial charge in [-0.3, -0.25) is 0 Å². The van der Waals surface area contributed by atoms with E-state index in [1.165, 1.54) is 0 Å². The average molecular weight is 662 g/mol. The molecule has 2 nitrogen and oxygen atoms in total. The number of halogens is 12. The number of hydrogen-bond donors (Lipinski definition) is 0. The van der Waals surface area contributed by atoms with Crippen LogP contribution in [-0.4, -0.2) is 6.61 Å². The Kier molecular flexibility index (Phi) is 9.84. The average Bonchev–Trinajstić information content (AvgIpc) is 2.91. The largest absolute Gasteiger partial charge is 0.493 e. The highest BCUT2D eigenvalue weighted by Crippen LogP contribution is 2.38. The van der Waals surface area contributed by atoms with Gasteiger partial charge in [-0.2, -0.15) is 22.0 Å². The van der Waals surface area contributed by atoms with E-state index in [4.69, 9.17) is 4.74 Å². The molecular weight excluding hydrogens is 644 g/mol. The zero-order chi connectivity index (χ0) is 34.0. The van der Waals surface area contributed by atoms with E-state index in [1.807, 2.05) is 18.8 Å². The number of ether oxygens (including phenoxy) is 2. The van der Waals surface area contributed by atoms with Gasteiger partial charge in [0.1, 0.15) is 63.3 Å². The molecule has 0 saturated heterocycles. The molecular formula is C32H18F12O2. The van der Waals surface area contributed by atoms with Crippen molar-refractivity contribution in [2.45, 2.75) is 32.1 Å². The first-order valence-electron chi connectivity index (χ1n) is 13.1. The fourth-order valence-electron chi connectivity index (χ4n) is 4.13. The van der Waals surface area contributed by atoms with E-state index >= 15 is 0 Å². The van der Waals surface area contributed by atoms with Crippen LogP contribution in [0.4, 0.5) is 52.7 Å². The summed E-state index contributed by atoms with van der Waals surface area (Å²) in [6.45, 7) is 2.10. The van der Waals surface area contributed by atoms with E-state index < -0.39 is 92.1 Å². The summed E-state index contributed by atoms with van der Waals surface area (Å²) < 4.78 is 178. The molecule has 0 radical (unpaired) electrons. The van der Waals surface area contributed by atoms with E-state index in [9.17, 15) is 52.7 Å². The van der Waals surface area contributed by atoms with Gasteiger partial charge in [-0.25, -0.2) is 30.7 Å². The third-order valence-corrected chi connectivity index (χ3v) is 6.27. The Hall–Kier alpha value is -4.80. The number of alkyl halides is 5. The smallest absolute Gasteiger partial charge is 0.429 e. The second kappa shape index (κ2) is 13.3. The van der Waals surface area contributed by atoms with Gasteiger partial charge in [-0.15, -0.1) is 0 Å². The highest BCUT2D eigenvalue weighted by molar-refractivity contribution is 5.67. The van der Waals surface area contributed by atoms with Crippen molar-refractivity contribution >= 4 is 0 Å². The molecule has 0 aliphatic carbocycles. The quantitative estimate of drug-likeness (QED) is 0.106. The molecule has 0 saturated carbocycles. The Bertz CT molecular complexity index is 1770. The summed E-state index contributed by atoms with van der Waals surface area (Å²) in [4.78, 5) is 0. The molecule has 0 bridgehead atoms. The molecule has 0 aliphatic heterocycles. The third kappa shape index (κ3) is 7.52. The molecule has 0 fully saturated rings. The normalized spacial score (nSPS) is 11.7. The van der Waals surface area contributed by atoms with Crippen LogP contribution in [0.5, 0.6) is 11.5 Å². The zero-order valence-corrected chi connectivity index (χ0v) is 23.2. The number of benzene rings is 4. The third-order valence-electron chi connectivity index (χ3n) is 6.27. The summed E-state index contributed by atoms with van der Waals surface area (Å²) in [5.74, 6) is -9.00. The highest BCUT2D eigenvalue weighted by atomic mass is 19.4. The Morgan fingerprint density at radius 1 is 0.630 bits per heavy atom. The molecule has 46 heavy (non-hydrogen) atoms. The second-order valence-corrected chi connectivity index (χ2v) is 9.60. The number of rotatable bonds is 8. The van der Waals surface area contributed by atoms with Crippen LogP contribution in [0.3, 0.4) is 0 Å². The second-order valence-electron chi connectivity index (χ2n) is 9.60. The van der Waals surface area contributed by atoms with Gasteiger partial charge in [0.2, 0.25) is 0 Å². The van der Waals surface area contributed by atoms with Gasteiger partial charge in [0.25, 0.3) is 0 Å². The maximum Gasteiger partial charge on any atom is 0.429 e. The molecule has 0 spiro atoms. The highest BCUT2D eigenvalue weighted by Gasteiger charge is 2.39. The van der Waals surface area contributed by atoms with E-state index in [2.05, 4.69) is 4.74 Å². The minimum absolute atomic E-state index is 0.0256. The predicted molar refractivity (Wildman–Crippen MR) is 140 cm³/mol. The minimum Gasteiger partial charge on any atom is -0.493 e. The van der Waals surface area contributed by atoms with Crippen molar-refractivity contribution in [3.05, 3.63) is 118 Å². The first-order chi connectivity index (χ1) is 21.5. The predicted octanol–water partition coefficient (Wildman–Crippen LogP) is 10.1. The lowest BCUT2D eigenvalue weighted by Gasteiger charge is -2.19. The van der Waals surface area contributed by atoms with Gasteiger partial charge in [0, 0.05) is 23.8 Å². The van der Waals surface area contributed by atoms with Crippen LogP contribution in [0.1, 0.15) is 42.0 Å². The van der Waals surface area contributed by atoms with Crippen molar-refractivity contribution in [2.75, 3.05) is 6.61 Å². The molecule has 0 amide bonds. The molecule has 0 unspecified atom stereocenters. The van der Waals surface area contributed by atoms with Gasteiger partial charge in [-0.05, 0) is 48.4 Å². The van der Waals surface area contributed by atoms with Crippen LogP contribution < -0.4 is 9.47 Å². The monoisotopic (exact) mass is 662 g/mol. The number of hydrogen-bond acceptors (Lipinski definition) is 2. The van der Waals surface area contributed by atoms with Gasteiger partial charge >= 0.3 is 12.3 Å². The SMILES string of the molecule is CCCCOc1ccc(C(F)(F)Oc2cc(F)c(C#Cc3cc(F)c(-c4cc(F)c(C(F)(F)F)c(F)c4)c(F)c3)c(F)c2)c(F)c1.